The van der Waals surface area contributed by atoms with Crippen LogP contribution in [-0.2, 0) is 14.3 Å². The van der Waals surface area contributed by atoms with Crippen LogP contribution < -0.4 is 0 Å². The molecular formula is C22H32O4. The monoisotopic (exact) mass is 360 g/mol. The Balaban J connectivity index is 2.02. The number of cyclic esters (lactones) is 1. The fraction of sp³-hybridized carbons (Fsp3) is 0.500. The van der Waals surface area contributed by atoms with Crippen molar-refractivity contribution in [1.29, 1.82) is 0 Å². The highest BCUT2D eigenvalue weighted by molar-refractivity contribution is 5.93. The first-order chi connectivity index (χ1) is 12.7. The number of esters is 1. The topological polar surface area (TPSA) is 55.8 Å². The Morgan fingerprint density at radius 1 is 0.962 bits per heavy atom. The van der Waals surface area contributed by atoms with Gasteiger partial charge in [0.1, 0.15) is 0 Å². The minimum absolute atomic E-state index is 0.220. The number of aliphatic hydroxyl groups is 1. The molecule has 0 amide bonds. The van der Waals surface area contributed by atoms with Crippen molar-refractivity contribution in [2.75, 3.05) is 13.7 Å². The highest BCUT2D eigenvalue weighted by atomic mass is 16.6. The van der Waals surface area contributed by atoms with Crippen molar-refractivity contribution < 1.29 is 19.4 Å². The molecule has 1 N–H and O–H groups in total. The zero-order valence-electron chi connectivity index (χ0n) is 15.9. The van der Waals surface area contributed by atoms with Crippen LogP contribution in [0.2, 0.25) is 0 Å². The summed E-state index contributed by atoms with van der Waals surface area (Å²) in [5, 5.41) is 8.64. The fourth-order valence-corrected chi connectivity index (χ4v) is 2.70. The van der Waals surface area contributed by atoms with Crippen LogP contribution in [0.4, 0.5) is 0 Å². The van der Waals surface area contributed by atoms with Crippen LogP contribution in [0.25, 0.3) is 0 Å². The molecule has 144 valence electrons. The van der Waals surface area contributed by atoms with E-state index in [2.05, 4.69) is 37.0 Å². The van der Waals surface area contributed by atoms with Gasteiger partial charge in [0.2, 0.25) is 0 Å². The summed E-state index contributed by atoms with van der Waals surface area (Å²) in [5.74, 6) is 0.523. The molecule has 0 aliphatic carbocycles. The largest absolute Gasteiger partial charge is 0.492 e. The van der Waals surface area contributed by atoms with Gasteiger partial charge in [-0.05, 0) is 44.9 Å². The molecular weight excluding hydrogens is 328 g/mol. The minimum atomic E-state index is -0.313. The molecule has 0 bridgehead atoms. The highest BCUT2D eigenvalue weighted by Crippen LogP contribution is 2.28. The zero-order valence-corrected chi connectivity index (χ0v) is 15.9. The van der Waals surface area contributed by atoms with Crippen LogP contribution in [0.15, 0.2) is 60.1 Å². The first-order valence-electron chi connectivity index (χ1n) is 9.45. The molecule has 0 unspecified atom stereocenters. The lowest BCUT2D eigenvalue weighted by Crippen LogP contribution is -1.99. The second-order valence-electron chi connectivity index (χ2n) is 6.18. The summed E-state index contributed by atoms with van der Waals surface area (Å²) in [7, 11) is 1.54. The lowest BCUT2D eigenvalue weighted by molar-refractivity contribution is -0.133. The average Bonchev–Trinajstić information content (AvgIpc) is 2.91. The second kappa shape index (κ2) is 14.1. The number of unbranched alkanes of at least 4 members (excludes halogenated alkanes) is 4. The maximum atomic E-state index is 11.7. The van der Waals surface area contributed by atoms with Gasteiger partial charge in [-0.15, -0.1) is 0 Å². The maximum Gasteiger partial charge on any atom is 0.343 e. The van der Waals surface area contributed by atoms with Crippen LogP contribution in [0.5, 0.6) is 0 Å². The van der Waals surface area contributed by atoms with E-state index >= 15 is 0 Å². The molecule has 1 aliphatic heterocycles. The predicted molar refractivity (Wildman–Crippen MR) is 105 cm³/mol. The van der Waals surface area contributed by atoms with Gasteiger partial charge >= 0.3 is 5.97 Å². The van der Waals surface area contributed by atoms with Crippen molar-refractivity contribution in [1.82, 2.24) is 0 Å². The molecule has 0 spiro atoms. The number of ether oxygens (including phenoxy) is 2. The van der Waals surface area contributed by atoms with Crippen molar-refractivity contribution in [2.45, 2.75) is 57.8 Å². The van der Waals surface area contributed by atoms with E-state index in [-0.39, 0.29) is 12.6 Å². The van der Waals surface area contributed by atoms with E-state index in [4.69, 9.17) is 14.6 Å². The Morgan fingerprint density at radius 2 is 1.58 bits per heavy atom. The molecule has 0 aromatic carbocycles. The van der Waals surface area contributed by atoms with Gasteiger partial charge in [0.25, 0.3) is 0 Å². The molecule has 0 saturated carbocycles. The van der Waals surface area contributed by atoms with E-state index in [0.717, 1.165) is 51.4 Å². The van der Waals surface area contributed by atoms with Gasteiger partial charge < -0.3 is 14.6 Å². The van der Waals surface area contributed by atoms with Gasteiger partial charge in [0.05, 0.1) is 12.7 Å². The third kappa shape index (κ3) is 8.86. The van der Waals surface area contributed by atoms with Crippen molar-refractivity contribution in [3.05, 3.63) is 60.1 Å². The molecule has 0 saturated heterocycles. The number of rotatable bonds is 14. The predicted octanol–water partition coefficient (Wildman–Crippen LogP) is 5.13. The molecule has 4 heteroatoms. The summed E-state index contributed by atoms with van der Waals surface area (Å²) in [6.45, 7) is 3.90. The molecule has 0 atom stereocenters. The smallest absolute Gasteiger partial charge is 0.343 e. The van der Waals surface area contributed by atoms with E-state index < -0.39 is 0 Å². The minimum Gasteiger partial charge on any atom is -0.492 e. The number of allylic oxidation sites excluding steroid dienone is 5. The van der Waals surface area contributed by atoms with Gasteiger partial charge in [0, 0.05) is 6.61 Å². The number of hydrogen-bond acceptors (Lipinski definition) is 4. The highest BCUT2D eigenvalue weighted by Gasteiger charge is 2.28. The van der Waals surface area contributed by atoms with E-state index in [1.165, 1.54) is 7.11 Å². The first-order valence-corrected chi connectivity index (χ1v) is 9.45. The molecule has 26 heavy (non-hydrogen) atoms. The summed E-state index contributed by atoms with van der Waals surface area (Å²) in [5.41, 5.74) is 0.621. The maximum absolute atomic E-state index is 11.7. The SMILES string of the molecule is C=C1OC(=O)C(CCCCCCC=CCC=CCC=CCCO)=C1OC. The van der Waals surface area contributed by atoms with Gasteiger partial charge in [-0.2, -0.15) is 0 Å². The Kier molecular flexibility index (Phi) is 11.9. The molecule has 1 rings (SSSR count). The normalized spacial score (nSPS) is 15.2. The van der Waals surface area contributed by atoms with Crippen molar-refractivity contribution >= 4 is 5.97 Å². The summed E-state index contributed by atoms with van der Waals surface area (Å²) in [4.78, 5) is 11.7. The number of hydrogen-bond donors (Lipinski definition) is 1. The number of methoxy groups -OCH3 is 1. The van der Waals surface area contributed by atoms with Crippen molar-refractivity contribution in [3.8, 4) is 0 Å². The standard InChI is InChI=1S/C22H32O4/c1-19-21(25-2)20(22(24)26-19)17-15-13-11-9-7-5-3-4-6-8-10-12-14-16-18-23/h3,5-6,8,12,14,23H,1,4,7,9-11,13,15-18H2,2H3. The molecule has 0 radical (unpaired) electrons. The van der Waals surface area contributed by atoms with Crippen LogP contribution in [-0.4, -0.2) is 24.8 Å². The third-order valence-electron chi connectivity index (χ3n) is 4.08. The van der Waals surface area contributed by atoms with E-state index in [1.807, 2.05) is 6.08 Å². The molecule has 1 aliphatic rings. The Bertz CT molecular complexity index is 552. The van der Waals surface area contributed by atoms with E-state index in [9.17, 15) is 4.79 Å². The molecule has 0 fully saturated rings. The summed E-state index contributed by atoms with van der Waals surface area (Å²) in [6, 6.07) is 0. The average molecular weight is 360 g/mol. The van der Waals surface area contributed by atoms with Crippen LogP contribution >= 0.6 is 0 Å². The fourth-order valence-electron chi connectivity index (χ4n) is 2.70. The van der Waals surface area contributed by atoms with Crippen LogP contribution in [0.1, 0.15) is 57.8 Å². The molecule has 1 heterocycles. The van der Waals surface area contributed by atoms with Gasteiger partial charge in [-0.3, -0.25) is 0 Å². The summed E-state index contributed by atoms with van der Waals surface area (Å²) >= 11 is 0. The second-order valence-corrected chi connectivity index (χ2v) is 6.18. The number of carbonyl (C=O) groups excluding carboxylic acids is 1. The Morgan fingerprint density at radius 3 is 2.23 bits per heavy atom. The van der Waals surface area contributed by atoms with Crippen molar-refractivity contribution in [2.24, 2.45) is 0 Å². The Hall–Kier alpha value is -2.07. The lowest BCUT2D eigenvalue weighted by atomic mass is 10.0. The van der Waals surface area contributed by atoms with Gasteiger partial charge in [-0.25, -0.2) is 4.79 Å². The molecule has 0 aromatic rings. The lowest BCUT2D eigenvalue weighted by Gasteiger charge is -2.02. The zero-order chi connectivity index (χ0) is 19.0. The van der Waals surface area contributed by atoms with Crippen LogP contribution in [0, 0.1) is 0 Å². The number of carbonyl (C=O) groups is 1. The van der Waals surface area contributed by atoms with Crippen LogP contribution in [0.3, 0.4) is 0 Å². The summed E-state index contributed by atoms with van der Waals surface area (Å²) < 4.78 is 10.2. The van der Waals surface area contributed by atoms with Crippen molar-refractivity contribution in [3.63, 3.8) is 0 Å². The molecule has 0 aromatic heterocycles. The summed E-state index contributed by atoms with van der Waals surface area (Å²) in [6.07, 6.45) is 21.6. The van der Waals surface area contributed by atoms with E-state index in [1.54, 1.807) is 0 Å². The van der Waals surface area contributed by atoms with E-state index in [0.29, 0.717) is 23.5 Å². The quantitative estimate of drug-likeness (QED) is 0.265. The molecule has 4 nitrogen and oxygen atoms in total. The van der Waals surface area contributed by atoms with Gasteiger partial charge in [-0.1, -0.05) is 55.9 Å². The van der Waals surface area contributed by atoms with Gasteiger partial charge in [0.15, 0.2) is 11.5 Å². The number of aliphatic hydroxyl groups excluding tert-OH is 1. The first kappa shape index (κ1) is 22.0. The Labute approximate surface area is 157 Å². The third-order valence-corrected chi connectivity index (χ3v) is 4.08.